The molecule has 18 heavy (non-hydrogen) atoms. The third kappa shape index (κ3) is 3.24. The number of hydrogen-bond acceptors (Lipinski definition) is 3. The van der Waals surface area contributed by atoms with E-state index in [1.54, 1.807) is 7.11 Å². The Labute approximate surface area is 109 Å². The molecule has 0 saturated carbocycles. The monoisotopic (exact) mass is 249 g/mol. The van der Waals surface area contributed by atoms with Gasteiger partial charge in [-0.3, -0.25) is 4.90 Å². The Kier molecular flexibility index (Phi) is 3.93. The Bertz CT molecular complexity index is 380. The summed E-state index contributed by atoms with van der Waals surface area (Å²) in [6, 6.07) is 8.71. The Morgan fingerprint density at radius 1 is 1.33 bits per heavy atom. The summed E-state index contributed by atoms with van der Waals surface area (Å²) in [6.45, 7) is 5.54. The molecule has 1 fully saturated rings. The van der Waals surface area contributed by atoms with Crippen molar-refractivity contribution in [3.63, 3.8) is 0 Å². The lowest BCUT2D eigenvalue weighted by atomic mass is 10.0. The van der Waals surface area contributed by atoms with Crippen LogP contribution in [0.15, 0.2) is 24.3 Å². The topological polar surface area (TPSA) is 32.7 Å². The fourth-order valence-electron chi connectivity index (χ4n) is 2.72. The number of β-amino-alcohol motifs (C(OH)–C–C–N with tert-alkyl or cyclic N) is 1. The van der Waals surface area contributed by atoms with Crippen LogP contribution in [0.3, 0.4) is 0 Å². The second kappa shape index (κ2) is 5.29. The molecule has 0 amide bonds. The first kappa shape index (κ1) is 13.4. The summed E-state index contributed by atoms with van der Waals surface area (Å²) < 4.78 is 5.19. The lowest BCUT2D eigenvalue weighted by molar-refractivity contribution is 0.0317. The number of likely N-dealkylation sites (tertiary alicyclic amines) is 1. The first-order chi connectivity index (χ1) is 8.49. The van der Waals surface area contributed by atoms with Crippen LogP contribution in [0, 0.1) is 0 Å². The van der Waals surface area contributed by atoms with Gasteiger partial charge in [-0.15, -0.1) is 0 Å². The Hall–Kier alpha value is -1.06. The molecule has 3 heteroatoms. The first-order valence-electron chi connectivity index (χ1n) is 6.60. The number of nitrogens with zero attached hydrogens (tertiary/aromatic N) is 1. The van der Waals surface area contributed by atoms with Gasteiger partial charge in [-0.05, 0) is 50.9 Å². The fraction of sp³-hybridized carbons (Fsp3) is 0.600. The molecule has 1 aromatic carbocycles. The molecule has 2 rings (SSSR count). The molecule has 3 nitrogen and oxygen atoms in total. The summed E-state index contributed by atoms with van der Waals surface area (Å²) in [7, 11) is 1.69. The molecular weight excluding hydrogens is 226 g/mol. The number of ether oxygens (including phenoxy) is 1. The maximum atomic E-state index is 9.96. The van der Waals surface area contributed by atoms with Gasteiger partial charge in [0.15, 0.2) is 0 Å². The summed E-state index contributed by atoms with van der Waals surface area (Å²) in [5.74, 6) is 0.894. The number of hydrogen-bond donors (Lipinski definition) is 1. The molecule has 1 saturated heterocycles. The van der Waals surface area contributed by atoms with Crippen molar-refractivity contribution < 1.29 is 9.84 Å². The van der Waals surface area contributed by atoms with Gasteiger partial charge in [-0.1, -0.05) is 12.1 Å². The summed E-state index contributed by atoms with van der Waals surface area (Å²) in [6.07, 6.45) is 2.37. The second-order valence-corrected chi connectivity index (χ2v) is 5.71. The minimum absolute atomic E-state index is 0.433. The van der Waals surface area contributed by atoms with Crippen LogP contribution < -0.4 is 4.74 Å². The number of rotatable bonds is 4. The molecule has 1 aliphatic rings. The quantitative estimate of drug-likeness (QED) is 0.890. The third-order valence-electron chi connectivity index (χ3n) is 3.45. The van der Waals surface area contributed by atoms with Crippen LogP contribution in [0.5, 0.6) is 5.75 Å². The van der Waals surface area contributed by atoms with Gasteiger partial charge < -0.3 is 9.84 Å². The van der Waals surface area contributed by atoms with Crippen LogP contribution in [-0.4, -0.2) is 35.8 Å². The Morgan fingerprint density at radius 3 is 2.56 bits per heavy atom. The highest BCUT2D eigenvalue weighted by atomic mass is 16.5. The highest BCUT2D eigenvalue weighted by molar-refractivity contribution is 5.29. The average molecular weight is 249 g/mol. The van der Waals surface area contributed by atoms with Crippen LogP contribution >= 0.6 is 0 Å². The predicted molar refractivity (Wildman–Crippen MR) is 72.8 cm³/mol. The number of methoxy groups -OCH3 is 1. The van der Waals surface area contributed by atoms with E-state index in [4.69, 9.17) is 4.74 Å². The van der Waals surface area contributed by atoms with E-state index in [0.717, 1.165) is 18.8 Å². The number of aliphatic hydroxyl groups is 1. The van der Waals surface area contributed by atoms with Gasteiger partial charge in [0.2, 0.25) is 0 Å². The van der Waals surface area contributed by atoms with Crippen molar-refractivity contribution in [2.75, 3.05) is 20.2 Å². The number of benzene rings is 1. The molecule has 1 aliphatic heterocycles. The van der Waals surface area contributed by atoms with Gasteiger partial charge in [-0.2, -0.15) is 0 Å². The molecule has 0 radical (unpaired) electrons. The van der Waals surface area contributed by atoms with E-state index in [-0.39, 0.29) is 0 Å². The van der Waals surface area contributed by atoms with E-state index >= 15 is 0 Å². The minimum Gasteiger partial charge on any atom is -0.497 e. The SMILES string of the molecule is COc1ccc(C2CCCN2CC(C)(C)O)cc1. The van der Waals surface area contributed by atoms with Crippen molar-refractivity contribution >= 4 is 0 Å². The van der Waals surface area contributed by atoms with Crippen molar-refractivity contribution in [2.24, 2.45) is 0 Å². The first-order valence-corrected chi connectivity index (χ1v) is 6.60. The summed E-state index contributed by atoms with van der Waals surface area (Å²) in [5, 5.41) is 9.96. The highest BCUT2D eigenvalue weighted by Gasteiger charge is 2.29. The van der Waals surface area contributed by atoms with Gasteiger partial charge >= 0.3 is 0 Å². The standard InChI is InChI=1S/C15H23NO2/c1-15(2,17)11-16-10-4-5-14(16)12-6-8-13(18-3)9-7-12/h6-9,14,17H,4-5,10-11H2,1-3H3. The highest BCUT2D eigenvalue weighted by Crippen LogP contribution is 2.33. The molecule has 0 bridgehead atoms. The lowest BCUT2D eigenvalue weighted by Crippen LogP contribution is -2.38. The van der Waals surface area contributed by atoms with Crippen molar-refractivity contribution in [1.82, 2.24) is 4.90 Å². The zero-order chi connectivity index (χ0) is 13.2. The van der Waals surface area contributed by atoms with Crippen LogP contribution in [0.1, 0.15) is 38.3 Å². The van der Waals surface area contributed by atoms with Gasteiger partial charge in [0, 0.05) is 12.6 Å². The molecule has 1 atom stereocenters. The van der Waals surface area contributed by atoms with Gasteiger partial charge in [0.25, 0.3) is 0 Å². The molecular formula is C15H23NO2. The Balaban J connectivity index is 2.10. The zero-order valence-electron chi connectivity index (χ0n) is 11.5. The Morgan fingerprint density at radius 2 is 2.00 bits per heavy atom. The van der Waals surface area contributed by atoms with Gasteiger partial charge in [-0.25, -0.2) is 0 Å². The molecule has 1 aromatic rings. The second-order valence-electron chi connectivity index (χ2n) is 5.71. The molecule has 0 spiro atoms. The van der Waals surface area contributed by atoms with Gasteiger partial charge in [0.1, 0.15) is 5.75 Å². The van der Waals surface area contributed by atoms with E-state index < -0.39 is 5.60 Å². The van der Waals surface area contributed by atoms with Crippen molar-refractivity contribution in [2.45, 2.75) is 38.3 Å². The van der Waals surface area contributed by atoms with Crippen molar-refractivity contribution in [3.8, 4) is 5.75 Å². The maximum absolute atomic E-state index is 9.96. The van der Waals surface area contributed by atoms with Crippen LogP contribution in [0.25, 0.3) is 0 Å². The van der Waals surface area contributed by atoms with Crippen LogP contribution in [-0.2, 0) is 0 Å². The van der Waals surface area contributed by atoms with Crippen LogP contribution in [0.4, 0.5) is 0 Å². The largest absolute Gasteiger partial charge is 0.497 e. The van der Waals surface area contributed by atoms with E-state index in [1.807, 2.05) is 26.0 Å². The van der Waals surface area contributed by atoms with E-state index in [0.29, 0.717) is 6.04 Å². The third-order valence-corrected chi connectivity index (χ3v) is 3.45. The average Bonchev–Trinajstić information content (AvgIpc) is 2.75. The summed E-state index contributed by atoms with van der Waals surface area (Å²) >= 11 is 0. The molecule has 0 aromatic heterocycles. The van der Waals surface area contributed by atoms with Crippen molar-refractivity contribution in [3.05, 3.63) is 29.8 Å². The van der Waals surface area contributed by atoms with E-state index in [9.17, 15) is 5.11 Å². The fourth-order valence-corrected chi connectivity index (χ4v) is 2.72. The van der Waals surface area contributed by atoms with E-state index in [2.05, 4.69) is 17.0 Å². The maximum Gasteiger partial charge on any atom is 0.118 e. The molecule has 1 unspecified atom stereocenters. The minimum atomic E-state index is -0.630. The smallest absolute Gasteiger partial charge is 0.118 e. The van der Waals surface area contributed by atoms with E-state index in [1.165, 1.54) is 18.4 Å². The molecule has 100 valence electrons. The summed E-state index contributed by atoms with van der Waals surface area (Å²) in [5.41, 5.74) is 0.687. The molecule has 1 heterocycles. The van der Waals surface area contributed by atoms with Crippen LogP contribution in [0.2, 0.25) is 0 Å². The summed E-state index contributed by atoms with van der Waals surface area (Å²) in [4.78, 5) is 2.38. The lowest BCUT2D eigenvalue weighted by Gasteiger charge is -2.30. The van der Waals surface area contributed by atoms with Crippen molar-refractivity contribution in [1.29, 1.82) is 0 Å². The zero-order valence-corrected chi connectivity index (χ0v) is 11.5. The predicted octanol–water partition coefficient (Wildman–Crippen LogP) is 2.60. The normalized spacial score (nSPS) is 21.2. The molecule has 1 N–H and O–H groups in total. The molecule has 0 aliphatic carbocycles. The van der Waals surface area contributed by atoms with Gasteiger partial charge in [0.05, 0.1) is 12.7 Å².